The molecule has 1 fully saturated rings. The monoisotopic (exact) mass is 409 g/mol. The summed E-state index contributed by atoms with van der Waals surface area (Å²) in [7, 11) is -3.87. The molecule has 5 nitrogen and oxygen atoms in total. The summed E-state index contributed by atoms with van der Waals surface area (Å²) in [6.07, 6.45) is 6.93. The molecule has 150 valence electrons. The van der Waals surface area contributed by atoms with Crippen molar-refractivity contribution < 1.29 is 16.8 Å². The zero-order valence-corrected chi connectivity index (χ0v) is 17.2. The van der Waals surface area contributed by atoms with Gasteiger partial charge in [0.25, 0.3) is 0 Å². The highest BCUT2D eigenvalue weighted by atomic mass is 32.3. The van der Waals surface area contributed by atoms with Crippen LogP contribution in [0.15, 0.2) is 84.5 Å². The Morgan fingerprint density at radius 3 is 1.93 bits per heavy atom. The molecule has 2 aliphatic rings. The van der Waals surface area contributed by atoms with Crippen LogP contribution in [-0.4, -0.2) is 27.3 Å². The van der Waals surface area contributed by atoms with Gasteiger partial charge in [0, 0.05) is 18.8 Å². The van der Waals surface area contributed by atoms with E-state index in [2.05, 4.69) is 55.1 Å². The molecule has 0 unspecified atom stereocenters. The predicted octanol–water partition coefficient (Wildman–Crippen LogP) is 4.45. The van der Waals surface area contributed by atoms with Gasteiger partial charge in [0.1, 0.15) is 0 Å². The summed E-state index contributed by atoms with van der Waals surface area (Å²) in [5.41, 5.74) is 5.35. The summed E-state index contributed by atoms with van der Waals surface area (Å²) in [4.78, 5) is 2.30. The number of hydrogen-bond acceptors (Lipinski definition) is 5. The Balaban J connectivity index is 1.74. The van der Waals surface area contributed by atoms with Crippen molar-refractivity contribution in [3.05, 3.63) is 95.6 Å². The third-order valence-corrected chi connectivity index (χ3v) is 6.02. The Hall–Kier alpha value is -2.67. The Bertz CT molecular complexity index is 1050. The molecule has 2 aromatic rings. The molecular weight excluding hydrogens is 386 g/mol. The molecule has 1 heterocycles. The fraction of sp³-hybridized carbons (Fsp3) is 0.217. The van der Waals surface area contributed by atoms with E-state index >= 15 is 0 Å². The molecule has 29 heavy (non-hydrogen) atoms. The molecule has 2 aromatic carbocycles. The Kier molecular flexibility index (Phi) is 5.17. The lowest BCUT2D eigenvalue weighted by Crippen LogP contribution is -2.47. The van der Waals surface area contributed by atoms with Crippen LogP contribution in [0.25, 0.3) is 5.57 Å². The van der Waals surface area contributed by atoms with Crippen molar-refractivity contribution in [1.82, 2.24) is 0 Å². The van der Waals surface area contributed by atoms with Gasteiger partial charge in [-0.15, -0.1) is 0 Å². The quantitative estimate of drug-likeness (QED) is 0.730. The highest BCUT2D eigenvalue weighted by Gasteiger charge is 2.49. The van der Waals surface area contributed by atoms with Gasteiger partial charge in [-0.05, 0) is 60.4 Å². The second-order valence-corrected chi connectivity index (χ2v) is 8.03. The average Bonchev–Trinajstić information content (AvgIpc) is 2.71. The van der Waals surface area contributed by atoms with Crippen LogP contribution in [-0.2, 0) is 18.8 Å². The molecule has 0 saturated carbocycles. The van der Waals surface area contributed by atoms with E-state index in [1.807, 2.05) is 30.4 Å². The molecule has 0 N–H and O–H groups in total. The minimum Gasteiger partial charge on any atom is -0.372 e. The van der Waals surface area contributed by atoms with Crippen molar-refractivity contribution in [2.24, 2.45) is 0 Å². The number of rotatable bonds is 5. The van der Waals surface area contributed by atoms with Crippen LogP contribution in [0, 0.1) is 0 Å². The van der Waals surface area contributed by atoms with Gasteiger partial charge in [-0.1, -0.05) is 54.6 Å². The van der Waals surface area contributed by atoms with Crippen LogP contribution in [0.2, 0.25) is 0 Å². The smallest absolute Gasteiger partial charge is 0.372 e. The molecule has 1 aliphatic carbocycles. The molecule has 0 atom stereocenters. The summed E-state index contributed by atoms with van der Waals surface area (Å²) in [5.74, 6) is -1.31. The standard InChI is InChI=1S/C23H23NO4S/c1-3-24(4-2)21-12-10-19(11-13-21)22(18-8-6-5-7-9-18)20-14-16-23(17-15-20)27-29(25,26)28-23/h5-17H,3-4H2,1-2H3. The lowest BCUT2D eigenvalue weighted by Gasteiger charge is -2.35. The van der Waals surface area contributed by atoms with Crippen LogP contribution in [0.3, 0.4) is 0 Å². The topological polar surface area (TPSA) is 55.8 Å². The van der Waals surface area contributed by atoms with E-state index in [1.54, 1.807) is 12.2 Å². The van der Waals surface area contributed by atoms with Crippen molar-refractivity contribution in [2.75, 3.05) is 18.0 Å². The number of hydrogen-bond donors (Lipinski definition) is 0. The predicted molar refractivity (Wildman–Crippen MR) is 115 cm³/mol. The lowest BCUT2D eigenvalue weighted by atomic mass is 9.90. The zero-order chi connectivity index (χ0) is 20.5. The van der Waals surface area contributed by atoms with Gasteiger partial charge < -0.3 is 4.90 Å². The molecule has 0 radical (unpaired) electrons. The second kappa shape index (κ2) is 7.63. The molecule has 0 amide bonds. The minimum atomic E-state index is -3.87. The molecule has 0 aromatic heterocycles. The highest BCUT2D eigenvalue weighted by Crippen LogP contribution is 2.39. The molecule has 1 aliphatic heterocycles. The van der Waals surface area contributed by atoms with Crippen molar-refractivity contribution >= 4 is 21.7 Å². The van der Waals surface area contributed by atoms with Gasteiger partial charge in [0.15, 0.2) is 0 Å². The van der Waals surface area contributed by atoms with Gasteiger partial charge in [-0.25, -0.2) is 8.37 Å². The first-order valence-corrected chi connectivity index (χ1v) is 11.0. The van der Waals surface area contributed by atoms with Crippen LogP contribution in [0.4, 0.5) is 5.69 Å². The first kappa shape index (κ1) is 19.6. The van der Waals surface area contributed by atoms with Crippen LogP contribution < -0.4 is 4.90 Å². The average molecular weight is 410 g/mol. The van der Waals surface area contributed by atoms with E-state index < -0.39 is 16.2 Å². The van der Waals surface area contributed by atoms with E-state index in [0.717, 1.165) is 35.4 Å². The van der Waals surface area contributed by atoms with Crippen LogP contribution in [0.1, 0.15) is 25.0 Å². The van der Waals surface area contributed by atoms with E-state index in [1.165, 1.54) is 5.69 Å². The summed E-state index contributed by atoms with van der Waals surface area (Å²) < 4.78 is 32.3. The van der Waals surface area contributed by atoms with Crippen molar-refractivity contribution in [1.29, 1.82) is 0 Å². The fourth-order valence-electron chi connectivity index (χ4n) is 3.66. The van der Waals surface area contributed by atoms with Gasteiger partial charge >= 0.3 is 10.4 Å². The normalized spacial score (nSPS) is 18.5. The fourth-order valence-corrected chi connectivity index (χ4v) is 4.53. The number of nitrogens with zero attached hydrogens (tertiary/aromatic N) is 1. The van der Waals surface area contributed by atoms with Crippen LogP contribution in [0.5, 0.6) is 0 Å². The molecule has 1 spiro atoms. The maximum atomic E-state index is 11.2. The van der Waals surface area contributed by atoms with Gasteiger partial charge in [-0.2, -0.15) is 8.42 Å². The van der Waals surface area contributed by atoms with Gasteiger partial charge in [-0.3, -0.25) is 0 Å². The second-order valence-electron chi connectivity index (χ2n) is 6.88. The maximum Gasteiger partial charge on any atom is 0.406 e. The van der Waals surface area contributed by atoms with Crippen LogP contribution >= 0.6 is 0 Å². The molecular formula is C23H23NO4S. The third kappa shape index (κ3) is 3.92. The first-order valence-electron chi connectivity index (χ1n) is 9.65. The third-order valence-electron chi connectivity index (χ3n) is 5.09. The van der Waals surface area contributed by atoms with Gasteiger partial charge in [0.2, 0.25) is 5.79 Å². The minimum absolute atomic E-state index is 0.953. The summed E-state index contributed by atoms with van der Waals surface area (Å²) in [6, 6.07) is 18.6. The Labute approximate surface area is 171 Å². The molecule has 1 saturated heterocycles. The maximum absolute atomic E-state index is 11.2. The summed E-state index contributed by atoms with van der Waals surface area (Å²) in [6.45, 7) is 6.21. The first-order chi connectivity index (χ1) is 14.0. The van der Waals surface area contributed by atoms with Crippen molar-refractivity contribution in [2.45, 2.75) is 19.6 Å². The Morgan fingerprint density at radius 1 is 0.862 bits per heavy atom. The van der Waals surface area contributed by atoms with Crippen molar-refractivity contribution in [3.63, 3.8) is 0 Å². The van der Waals surface area contributed by atoms with E-state index in [0.29, 0.717) is 0 Å². The molecule has 6 heteroatoms. The number of benzene rings is 2. The largest absolute Gasteiger partial charge is 0.406 e. The number of allylic oxidation sites excluding steroid dienone is 3. The lowest BCUT2D eigenvalue weighted by molar-refractivity contribution is -0.111. The highest BCUT2D eigenvalue weighted by molar-refractivity contribution is 7.82. The Morgan fingerprint density at radius 2 is 1.41 bits per heavy atom. The van der Waals surface area contributed by atoms with E-state index in [4.69, 9.17) is 8.37 Å². The van der Waals surface area contributed by atoms with E-state index in [9.17, 15) is 8.42 Å². The SMILES string of the molecule is CCN(CC)c1ccc(C(=C2C=CC3(C=C2)OS(=O)(=O)O3)c2ccccc2)cc1. The molecule has 0 bridgehead atoms. The summed E-state index contributed by atoms with van der Waals surface area (Å²) >= 11 is 0. The van der Waals surface area contributed by atoms with Crippen molar-refractivity contribution in [3.8, 4) is 0 Å². The summed E-state index contributed by atoms with van der Waals surface area (Å²) in [5, 5.41) is 0. The zero-order valence-electron chi connectivity index (χ0n) is 16.4. The number of anilines is 1. The van der Waals surface area contributed by atoms with E-state index in [-0.39, 0.29) is 0 Å². The van der Waals surface area contributed by atoms with Gasteiger partial charge in [0.05, 0.1) is 0 Å². The molecule has 4 rings (SSSR count).